The van der Waals surface area contributed by atoms with Gasteiger partial charge >= 0.3 is 0 Å². The van der Waals surface area contributed by atoms with E-state index in [4.69, 9.17) is 15.0 Å². The Morgan fingerprint density at radius 2 is 1.17 bits per heavy atom. The van der Waals surface area contributed by atoms with E-state index in [9.17, 15) is 0 Å². The molecule has 0 saturated carbocycles. The summed E-state index contributed by atoms with van der Waals surface area (Å²) in [6.45, 7) is 0. The minimum Gasteiger partial charge on any atom is -0.325 e. The van der Waals surface area contributed by atoms with Gasteiger partial charge in [0.05, 0.1) is 11.1 Å². The molecule has 3 atom stereocenters. The van der Waals surface area contributed by atoms with Crippen LogP contribution in [0.4, 0.5) is 0 Å². The molecule has 4 aliphatic rings. The van der Waals surface area contributed by atoms with Crippen LogP contribution in [0.25, 0.3) is 44.3 Å². The fraction of sp³-hybridized carbons (Fsp3) is 0.0727. The van der Waals surface area contributed by atoms with Crippen LogP contribution < -0.4 is 5.32 Å². The molecular weight excluding hydrogens is 749 g/mol. The van der Waals surface area contributed by atoms with Gasteiger partial charge in [0.2, 0.25) is 0 Å². The first-order valence-corrected chi connectivity index (χ1v) is 21.5. The second-order valence-corrected chi connectivity index (χ2v) is 17.0. The van der Waals surface area contributed by atoms with E-state index in [1.807, 2.05) is 24.0 Å². The van der Waals surface area contributed by atoms with Crippen LogP contribution in [0.15, 0.2) is 227 Å². The van der Waals surface area contributed by atoms with Gasteiger partial charge in [-0.15, -0.1) is 11.8 Å². The van der Waals surface area contributed by atoms with Gasteiger partial charge in [-0.1, -0.05) is 188 Å². The fourth-order valence-corrected chi connectivity index (χ4v) is 11.8. The van der Waals surface area contributed by atoms with Gasteiger partial charge in [-0.3, -0.25) is 4.98 Å². The normalized spacial score (nSPS) is 19.3. The Kier molecular flexibility index (Phi) is 8.17. The molecule has 60 heavy (non-hydrogen) atoms. The molecule has 0 bridgehead atoms. The molecule has 12 rings (SSSR count). The molecule has 2 aliphatic heterocycles. The van der Waals surface area contributed by atoms with E-state index < -0.39 is 5.41 Å². The number of fused-ring (bicyclic) bond motifs is 10. The van der Waals surface area contributed by atoms with Crippen molar-refractivity contribution in [3.63, 3.8) is 0 Å². The fourth-order valence-electron chi connectivity index (χ4n) is 10.1. The van der Waals surface area contributed by atoms with Crippen LogP contribution in [0.5, 0.6) is 0 Å². The van der Waals surface area contributed by atoms with Gasteiger partial charge in [0.25, 0.3) is 0 Å². The molecule has 2 aliphatic carbocycles. The average molecular weight is 787 g/mol. The quantitative estimate of drug-likeness (QED) is 0.189. The maximum absolute atomic E-state index is 5.45. The third-order valence-corrected chi connectivity index (χ3v) is 14.2. The molecule has 0 fully saturated rings. The monoisotopic (exact) mass is 786 g/mol. The zero-order valence-electron chi connectivity index (χ0n) is 32.6. The van der Waals surface area contributed by atoms with Crippen LogP contribution in [-0.2, 0) is 5.41 Å². The highest BCUT2D eigenvalue weighted by Gasteiger charge is 2.57. The van der Waals surface area contributed by atoms with Crippen LogP contribution in [0.3, 0.4) is 0 Å². The maximum atomic E-state index is 5.45. The smallest absolute Gasteiger partial charge is 0.169 e. The molecule has 0 saturated heterocycles. The Labute approximate surface area is 353 Å². The van der Waals surface area contributed by atoms with Gasteiger partial charge < -0.3 is 5.32 Å². The Morgan fingerprint density at radius 1 is 0.533 bits per heavy atom. The zero-order chi connectivity index (χ0) is 39.6. The molecule has 1 N–H and O–H groups in total. The summed E-state index contributed by atoms with van der Waals surface area (Å²) in [4.78, 5) is 16.9. The van der Waals surface area contributed by atoms with E-state index in [1.54, 1.807) is 0 Å². The number of benzene rings is 7. The third-order valence-electron chi connectivity index (χ3n) is 12.7. The summed E-state index contributed by atoms with van der Waals surface area (Å²) in [6, 6.07) is 65.6. The molecule has 8 aromatic rings. The van der Waals surface area contributed by atoms with Crippen LogP contribution in [0.1, 0.15) is 34.0 Å². The number of pyridine rings is 1. The predicted octanol–water partition coefficient (Wildman–Crippen LogP) is 12.6. The van der Waals surface area contributed by atoms with Gasteiger partial charge in [0.15, 0.2) is 6.17 Å². The highest BCUT2D eigenvalue weighted by Crippen LogP contribution is 2.65. The number of hydrogen-bond donors (Lipinski definition) is 1. The maximum Gasteiger partial charge on any atom is 0.169 e. The van der Waals surface area contributed by atoms with Crippen LogP contribution in [0.2, 0.25) is 0 Å². The van der Waals surface area contributed by atoms with Crippen LogP contribution in [-0.4, -0.2) is 21.9 Å². The summed E-state index contributed by atoms with van der Waals surface area (Å²) in [5.41, 5.74) is 14.0. The first-order chi connectivity index (χ1) is 29.8. The molecule has 7 aromatic carbocycles. The minimum atomic E-state index is -0.455. The summed E-state index contributed by atoms with van der Waals surface area (Å²) < 4.78 is 0. The Balaban J connectivity index is 1.07. The predicted molar refractivity (Wildman–Crippen MR) is 247 cm³/mol. The van der Waals surface area contributed by atoms with E-state index >= 15 is 0 Å². The standard InChI is InChI=1S/C55H38N4S/c1-3-17-36(18-4-1)52-57-53(37-19-5-2-6-20-37)59-54(58-52)44-27-15-31-48-51(44)60-50-41(38-21-13-22-39(34-38)49-40-23-8-7-16-35(40)32-33-56-49)26-14-30-47(50)55(48)45-28-11-9-24-42(45)43-25-10-12-29-46(43)55/h1-34,48,51-52H,(H,57,58,59). The minimum absolute atomic E-state index is 0.0172. The molecule has 0 radical (unpaired) electrons. The van der Waals surface area contributed by atoms with Crippen molar-refractivity contribution in [1.29, 1.82) is 0 Å². The Bertz CT molecular complexity index is 3080. The SMILES string of the molecule is C1=CC2C(Sc3c(-c4cccc(-c5nccc6ccccc56)c4)cccc3C23c2ccccc2-c2ccccc23)C(C2=NC(c3ccccc3)N=C(c3ccccc3)N2)=C1. The number of nitrogens with one attached hydrogen (secondary N) is 1. The van der Waals surface area contributed by atoms with E-state index in [2.05, 4.69) is 199 Å². The molecule has 3 unspecified atom stereocenters. The molecule has 4 nitrogen and oxygen atoms in total. The number of nitrogens with zero attached hydrogens (tertiary/aromatic N) is 3. The van der Waals surface area contributed by atoms with Gasteiger partial charge in [0.1, 0.15) is 11.7 Å². The van der Waals surface area contributed by atoms with Gasteiger partial charge in [0, 0.05) is 44.3 Å². The molecule has 1 aromatic heterocycles. The van der Waals surface area contributed by atoms with Crippen molar-refractivity contribution in [2.45, 2.75) is 21.7 Å². The van der Waals surface area contributed by atoms with Gasteiger partial charge in [-0.05, 0) is 62.0 Å². The number of aliphatic imine (C=N–C) groups is 2. The molecule has 3 heterocycles. The number of thioether (sulfide) groups is 1. The van der Waals surface area contributed by atoms with Crippen molar-refractivity contribution < 1.29 is 0 Å². The lowest BCUT2D eigenvalue weighted by molar-refractivity contribution is 0.445. The van der Waals surface area contributed by atoms with E-state index in [1.165, 1.54) is 54.8 Å². The number of hydrogen-bond acceptors (Lipinski definition) is 5. The van der Waals surface area contributed by atoms with Crippen molar-refractivity contribution in [3.8, 4) is 33.5 Å². The second-order valence-electron chi connectivity index (χ2n) is 15.8. The van der Waals surface area contributed by atoms with Crippen LogP contribution >= 0.6 is 11.8 Å². The Hall–Kier alpha value is -7.08. The number of allylic oxidation sites excluding steroid dienone is 3. The van der Waals surface area contributed by atoms with Gasteiger partial charge in [-0.25, -0.2) is 9.98 Å². The molecular formula is C55H38N4S. The zero-order valence-corrected chi connectivity index (χ0v) is 33.4. The van der Waals surface area contributed by atoms with Crippen LogP contribution in [0, 0.1) is 5.92 Å². The van der Waals surface area contributed by atoms with E-state index in [0.717, 1.165) is 39.4 Å². The third kappa shape index (κ3) is 5.36. The lowest BCUT2D eigenvalue weighted by Gasteiger charge is -2.49. The van der Waals surface area contributed by atoms with Crippen molar-refractivity contribution >= 4 is 34.2 Å². The van der Waals surface area contributed by atoms with Gasteiger partial charge in [-0.2, -0.15) is 0 Å². The topological polar surface area (TPSA) is 49.6 Å². The first-order valence-electron chi connectivity index (χ1n) is 20.6. The molecule has 1 spiro atoms. The van der Waals surface area contributed by atoms with Crippen molar-refractivity contribution in [1.82, 2.24) is 10.3 Å². The van der Waals surface area contributed by atoms with Crippen molar-refractivity contribution in [2.24, 2.45) is 15.9 Å². The molecule has 5 heteroatoms. The van der Waals surface area contributed by atoms with E-state index in [-0.39, 0.29) is 17.3 Å². The van der Waals surface area contributed by atoms with Crippen molar-refractivity contribution in [3.05, 3.63) is 240 Å². The second kappa shape index (κ2) is 14.0. The highest BCUT2D eigenvalue weighted by atomic mass is 32.2. The summed E-state index contributed by atoms with van der Waals surface area (Å²) in [5.74, 6) is 1.78. The largest absolute Gasteiger partial charge is 0.325 e. The summed E-state index contributed by atoms with van der Waals surface area (Å²) in [7, 11) is 0. The lowest BCUT2D eigenvalue weighted by atomic mass is 9.60. The Morgan fingerprint density at radius 3 is 1.98 bits per heavy atom. The van der Waals surface area contributed by atoms with E-state index in [0.29, 0.717) is 0 Å². The number of aromatic nitrogens is 1. The lowest BCUT2D eigenvalue weighted by Crippen LogP contribution is -2.48. The highest BCUT2D eigenvalue weighted by molar-refractivity contribution is 8.00. The first kappa shape index (κ1) is 34.9. The number of rotatable bonds is 5. The average Bonchev–Trinajstić information content (AvgIpc) is 3.62. The molecule has 284 valence electrons. The summed E-state index contributed by atoms with van der Waals surface area (Å²) >= 11 is 1.98. The van der Waals surface area contributed by atoms with Crippen molar-refractivity contribution in [2.75, 3.05) is 0 Å². The number of amidine groups is 2. The summed E-state index contributed by atoms with van der Waals surface area (Å²) in [5, 5.41) is 6.13. The summed E-state index contributed by atoms with van der Waals surface area (Å²) in [6.07, 6.45) is 8.56. The molecule has 0 amide bonds.